The molecule has 0 aromatic carbocycles. The van der Waals surface area contributed by atoms with Gasteiger partial charge in [-0.15, -0.1) is 0 Å². The van der Waals surface area contributed by atoms with Crippen LogP contribution in [0.1, 0.15) is 66.7 Å². The molecule has 0 spiro atoms. The molecule has 4 aliphatic rings. The molecule has 6 nitrogen and oxygen atoms in total. The lowest BCUT2D eigenvalue weighted by Gasteiger charge is -2.59. The van der Waals surface area contributed by atoms with E-state index in [1.807, 2.05) is 13.0 Å². The van der Waals surface area contributed by atoms with Crippen LogP contribution in [0.3, 0.4) is 0 Å². The van der Waals surface area contributed by atoms with Crippen LogP contribution in [-0.4, -0.2) is 46.1 Å². The van der Waals surface area contributed by atoms with Gasteiger partial charge in [-0.2, -0.15) is 0 Å². The predicted octanol–water partition coefficient (Wildman–Crippen LogP) is 3.15. The minimum absolute atomic E-state index is 0.00305. The Morgan fingerprint density at radius 2 is 1.91 bits per heavy atom. The molecule has 7 atom stereocenters. The van der Waals surface area contributed by atoms with Crippen LogP contribution in [0.15, 0.2) is 23.8 Å². The van der Waals surface area contributed by atoms with E-state index in [1.54, 1.807) is 32.9 Å². The first kappa shape index (κ1) is 23.4. The van der Waals surface area contributed by atoms with Crippen LogP contribution < -0.4 is 0 Å². The first-order chi connectivity index (χ1) is 14.7. The van der Waals surface area contributed by atoms with Crippen LogP contribution in [0.4, 0.5) is 0 Å². The topological polar surface area (TPSA) is 101 Å². The van der Waals surface area contributed by atoms with Gasteiger partial charge in [0, 0.05) is 16.7 Å². The first-order valence-corrected chi connectivity index (χ1v) is 11.8. The van der Waals surface area contributed by atoms with Gasteiger partial charge < -0.3 is 14.9 Å². The number of carbonyl (C=O) groups is 3. The lowest BCUT2D eigenvalue weighted by Crippen LogP contribution is -2.61. The molecular weight excluding hydrogens is 408 g/mol. The summed E-state index contributed by atoms with van der Waals surface area (Å²) in [6.45, 7) is 8.73. The van der Waals surface area contributed by atoms with Gasteiger partial charge in [0.15, 0.2) is 12.4 Å². The molecule has 176 valence electrons. The molecule has 3 saturated carbocycles. The number of hydrogen-bond donors (Lipinski definition) is 2. The van der Waals surface area contributed by atoms with Crippen molar-refractivity contribution in [1.29, 1.82) is 0 Å². The van der Waals surface area contributed by atoms with Crippen LogP contribution in [0, 0.1) is 34.0 Å². The number of allylic oxidation sites excluding steroid dienone is 4. The minimum atomic E-state index is -1.63. The molecule has 0 aromatic heterocycles. The highest BCUT2D eigenvalue weighted by Crippen LogP contribution is 2.67. The van der Waals surface area contributed by atoms with E-state index < -0.39 is 40.9 Å². The Hall–Kier alpha value is -1.79. The summed E-state index contributed by atoms with van der Waals surface area (Å²) in [6, 6.07) is 0. The van der Waals surface area contributed by atoms with Crippen molar-refractivity contribution in [2.75, 3.05) is 6.61 Å². The number of ether oxygens (including phenoxy) is 1. The fourth-order valence-electron chi connectivity index (χ4n) is 7.26. The Morgan fingerprint density at radius 3 is 2.56 bits per heavy atom. The summed E-state index contributed by atoms with van der Waals surface area (Å²) >= 11 is 0. The highest BCUT2D eigenvalue weighted by Gasteiger charge is 2.68. The van der Waals surface area contributed by atoms with Crippen molar-refractivity contribution in [3.63, 3.8) is 0 Å². The number of esters is 1. The van der Waals surface area contributed by atoms with E-state index in [-0.39, 0.29) is 29.0 Å². The van der Waals surface area contributed by atoms with Gasteiger partial charge in [0.2, 0.25) is 5.78 Å². The maximum absolute atomic E-state index is 13.2. The summed E-state index contributed by atoms with van der Waals surface area (Å²) < 4.78 is 5.24. The zero-order valence-corrected chi connectivity index (χ0v) is 19.8. The highest BCUT2D eigenvalue weighted by molar-refractivity contribution is 6.01. The molecule has 0 heterocycles. The van der Waals surface area contributed by atoms with Gasteiger partial charge in [0.05, 0.1) is 11.5 Å². The van der Waals surface area contributed by atoms with Crippen LogP contribution in [-0.2, 0) is 19.1 Å². The van der Waals surface area contributed by atoms with Crippen molar-refractivity contribution in [2.24, 2.45) is 34.0 Å². The third-order valence-electron chi connectivity index (χ3n) is 9.06. The lowest BCUT2D eigenvalue weighted by molar-refractivity contribution is -0.182. The van der Waals surface area contributed by atoms with Gasteiger partial charge in [-0.3, -0.25) is 14.4 Å². The van der Waals surface area contributed by atoms with Crippen LogP contribution in [0.5, 0.6) is 0 Å². The molecule has 3 fully saturated rings. The monoisotopic (exact) mass is 444 g/mol. The molecular formula is C26H36O6. The lowest BCUT2D eigenvalue weighted by atomic mass is 9.46. The zero-order valence-electron chi connectivity index (χ0n) is 19.8. The highest BCUT2D eigenvalue weighted by atomic mass is 16.5. The number of Topliss-reactive ketones (excluding diaryl/α,β-unsaturated/α-hetero) is 1. The van der Waals surface area contributed by atoms with Crippen LogP contribution in [0.2, 0.25) is 0 Å². The zero-order chi connectivity index (χ0) is 23.7. The van der Waals surface area contributed by atoms with E-state index in [4.69, 9.17) is 4.74 Å². The summed E-state index contributed by atoms with van der Waals surface area (Å²) in [5, 5.41) is 23.0. The predicted molar refractivity (Wildman–Crippen MR) is 118 cm³/mol. The van der Waals surface area contributed by atoms with Gasteiger partial charge in [0.25, 0.3) is 0 Å². The van der Waals surface area contributed by atoms with Crippen molar-refractivity contribution in [3.8, 4) is 0 Å². The Morgan fingerprint density at radius 1 is 1.22 bits per heavy atom. The van der Waals surface area contributed by atoms with Crippen LogP contribution in [0.25, 0.3) is 0 Å². The normalized spacial score (nSPS) is 43.1. The standard InChI is InChI=1S/C26H36O6/c1-23(2,3)22(30)32-14-20(29)26(31)11-9-18-17-7-6-15-12-16(27)8-10-24(15,4)21(17)19(28)13-25(18,26)5/h8,10,12,17-19,21,28,31H,6-7,9,11,13-14H2,1-5H3/t17-,18-,19-,21+,24?,25-,26-/m0/s1. The number of rotatable bonds is 3. The molecule has 0 aliphatic heterocycles. The first-order valence-electron chi connectivity index (χ1n) is 11.8. The Balaban J connectivity index is 1.60. The molecule has 0 amide bonds. The van der Waals surface area contributed by atoms with E-state index in [0.29, 0.717) is 19.3 Å². The van der Waals surface area contributed by atoms with Gasteiger partial charge in [-0.25, -0.2) is 0 Å². The minimum Gasteiger partial charge on any atom is -0.457 e. The van der Waals surface area contributed by atoms with Gasteiger partial charge in [-0.1, -0.05) is 25.5 Å². The van der Waals surface area contributed by atoms with E-state index in [9.17, 15) is 24.6 Å². The van der Waals surface area contributed by atoms with Gasteiger partial charge >= 0.3 is 5.97 Å². The fraction of sp³-hybridized carbons (Fsp3) is 0.731. The average molecular weight is 445 g/mol. The third-order valence-corrected chi connectivity index (χ3v) is 9.06. The second-order valence-electron chi connectivity index (χ2n) is 11.9. The number of carbonyl (C=O) groups excluding carboxylic acids is 3. The van der Waals surface area contributed by atoms with Crippen LogP contribution >= 0.6 is 0 Å². The maximum atomic E-state index is 13.2. The van der Waals surface area contributed by atoms with Crippen molar-refractivity contribution < 1.29 is 29.3 Å². The average Bonchev–Trinajstić information content (AvgIpc) is 2.97. The van der Waals surface area contributed by atoms with Crippen molar-refractivity contribution in [1.82, 2.24) is 0 Å². The summed E-state index contributed by atoms with van der Waals surface area (Å²) in [5.74, 6) is -0.791. The number of hydrogen-bond acceptors (Lipinski definition) is 6. The van der Waals surface area contributed by atoms with Crippen molar-refractivity contribution >= 4 is 17.5 Å². The smallest absolute Gasteiger partial charge is 0.311 e. The summed E-state index contributed by atoms with van der Waals surface area (Å²) in [4.78, 5) is 37.3. The Kier molecular flexibility index (Phi) is 5.37. The van der Waals surface area contributed by atoms with E-state index >= 15 is 0 Å². The molecule has 0 bridgehead atoms. The summed E-state index contributed by atoms with van der Waals surface area (Å²) in [6.07, 6.45) is 7.48. The molecule has 0 aromatic rings. The van der Waals surface area contributed by atoms with Crippen molar-refractivity contribution in [3.05, 3.63) is 23.8 Å². The molecule has 1 unspecified atom stereocenters. The summed E-state index contributed by atoms with van der Waals surface area (Å²) in [5.41, 5.74) is -2.45. The number of ketones is 2. The van der Waals surface area contributed by atoms with Crippen molar-refractivity contribution in [2.45, 2.75) is 78.4 Å². The second kappa shape index (κ2) is 7.36. The molecule has 32 heavy (non-hydrogen) atoms. The van der Waals surface area contributed by atoms with E-state index in [2.05, 4.69) is 6.92 Å². The number of fused-ring (bicyclic) bond motifs is 5. The number of aliphatic hydroxyl groups excluding tert-OH is 1. The maximum Gasteiger partial charge on any atom is 0.311 e. The molecule has 0 radical (unpaired) electrons. The molecule has 4 aliphatic carbocycles. The molecule has 0 saturated heterocycles. The third kappa shape index (κ3) is 3.25. The fourth-order valence-corrected chi connectivity index (χ4v) is 7.26. The Bertz CT molecular complexity index is 910. The summed E-state index contributed by atoms with van der Waals surface area (Å²) in [7, 11) is 0. The largest absolute Gasteiger partial charge is 0.457 e. The quantitative estimate of drug-likeness (QED) is 0.649. The number of aliphatic hydroxyl groups is 2. The van der Waals surface area contributed by atoms with Gasteiger partial charge in [-0.05, 0) is 76.9 Å². The van der Waals surface area contributed by atoms with E-state index in [0.717, 1.165) is 18.4 Å². The molecule has 2 N–H and O–H groups in total. The second-order valence-corrected chi connectivity index (χ2v) is 11.9. The Labute approximate surface area is 190 Å². The molecule has 4 rings (SSSR count). The van der Waals surface area contributed by atoms with E-state index in [1.165, 1.54) is 0 Å². The SMILES string of the molecule is CC(C)(C)C(=O)OCC(=O)[C@@]1(O)CC[C@H]2[C@@H]3CCC4=CC(=O)C=CC4(C)[C@H]3[C@@H](O)C[C@@]21C. The van der Waals surface area contributed by atoms with Gasteiger partial charge in [0.1, 0.15) is 5.60 Å². The molecule has 6 heteroatoms.